The molecule has 16 nitrogen and oxygen atoms in total. The van der Waals surface area contributed by atoms with Crippen LogP contribution in [0.1, 0.15) is 40.3 Å². The van der Waals surface area contributed by atoms with Crippen molar-refractivity contribution in [2.45, 2.75) is 51.9 Å². The molecule has 1 atom stereocenters. The number of carbonyl (C=O) groups excluding carboxylic acids is 3. The molecule has 1 unspecified atom stereocenters. The van der Waals surface area contributed by atoms with E-state index in [1.54, 1.807) is 25.5 Å². The van der Waals surface area contributed by atoms with Crippen molar-refractivity contribution in [2.24, 2.45) is 5.16 Å². The minimum absolute atomic E-state index is 0. The molecule has 196 valence electrons. The van der Waals surface area contributed by atoms with Crippen LogP contribution >= 0.6 is 11.3 Å². The molecule has 1 aromatic rings. The largest absolute Gasteiger partial charge is 1.00 e. The van der Waals surface area contributed by atoms with Gasteiger partial charge in [0.25, 0.3) is 11.8 Å². The molecule has 0 bridgehead atoms. The number of aromatic nitrogens is 1. The molecular weight excluding hydrogens is 580 g/mol. The van der Waals surface area contributed by atoms with Gasteiger partial charge in [-0.2, -0.15) is 0 Å². The number of β-lactam (4-membered cyclic amide) rings is 1. The molecule has 21 heteroatoms. The molecule has 1 fully saturated rings. The summed E-state index contributed by atoms with van der Waals surface area (Å²) in [5.41, 5.74) is -3.59. The van der Waals surface area contributed by atoms with Crippen molar-refractivity contribution in [3.8, 4) is 0 Å². The van der Waals surface area contributed by atoms with E-state index in [9.17, 15) is 40.3 Å². The van der Waals surface area contributed by atoms with E-state index >= 15 is 0 Å². The summed E-state index contributed by atoms with van der Waals surface area (Å²) in [6, 6.07) is -1.39. The third kappa shape index (κ3) is 10.7. The first kappa shape index (κ1) is 36.1. The molecule has 0 saturated carbocycles. The second kappa shape index (κ2) is 13.0. The van der Waals surface area contributed by atoms with Crippen LogP contribution in [0.2, 0.25) is 0 Å². The van der Waals surface area contributed by atoms with Crippen molar-refractivity contribution in [3.63, 3.8) is 0 Å². The third-order valence-corrected chi connectivity index (χ3v) is 6.10. The van der Waals surface area contributed by atoms with E-state index in [0.29, 0.717) is 11.3 Å². The zero-order valence-corrected chi connectivity index (χ0v) is 27.4. The molecule has 2 rings (SSSR count). The summed E-state index contributed by atoms with van der Waals surface area (Å²) in [5, 5.41) is 6.44. The Labute approximate surface area is 261 Å². The van der Waals surface area contributed by atoms with Crippen molar-refractivity contribution >= 4 is 60.6 Å². The number of rotatable bonds is 9. The van der Waals surface area contributed by atoms with Gasteiger partial charge >= 0.3 is 65.1 Å². The van der Waals surface area contributed by atoms with Gasteiger partial charge in [0.1, 0.15) is 17.3 Å². The number of anilines is 1. The quantitative estimate of drug-likeness (QED) is 0.0670. The van der Waals surface area contributed by atoms with Gasteiger partial charge in [-0.25, -0.2) is 30.9 Å². The Kier molecular flexibility index (Phi) is 12.7. The van der Waals surface area contributed by atoms with Crippen LogP contribution in [0.3, 0.4) is 0 Å². The van der Waals surface area contributed by atoms with Gasteiger partial charge in [-0.1, -0.05) is 5.16 Å². The fourth-order valence-corrected chi connectivity index (χ4v) is 4.25. The molecule has 0 aliphatic carbocycles. The normalized spacial score (nSPS) is 16.5. The second-order valence-corrected chi connectivity index (χ2v) is 11.8. The van der Waals surface area contributed by atoms with Gasteiger partial charge in [-0.3, -0.25) is 14.3 Å². The molecule has 2 N–H and O–H groups in total. The number of esters is 1. The molecule has 2 amide bonds. The summed E-state index contributed by atoms with van der Waals surface area (Å²) in [7, 11) is -9.99. The maximum Gasteiger partial charge on any atom is 1.00 e. The first-order chi connectivity index (χ1) is 15.7. The van der Waals surface area contributed by atoms with E-state index in [2.05, 4.69) is 15.5 Å². The minimum atomic E-state index is -5.05. The van der Waals surface area contributed by atoms with Gasteiger partial charge in [0.2, 0.25) is 5.60 Å². The van der Waals surface area contributed by atoms with Crippen LogP contribution in [0.4, 0.5) is 5.13 Å². The van der Waals surface area contributed by atoms with Crippen LogP contribution in [-0.2, 0) is 44.6 Å². The molecular formula is C16H21N5Na2O11S3. The summed E-state index contributed by atoms with van der Waals surface area (Å²) in [6.45, 7) is 6.76. The Bertz CT molecular complexity index is 1270. The number of hydrogen-bond acceptors (Lipinski definition) is 14. The van der Waals surface area contributed by atoms with Crippen LogP contribution in [0.15, 0.2) is 10.5 Å². The van der Waals surface area contributed by atoms with E-state index in [0.717, 1.165) is 5.38 Å². The van der Waals surface area contributed by atoms with Crippen LogP contribution in [0, 0.1) is 0 Å². The minimum Gasteiger partial charge on any atom is -0.731 e. The summed E-state index contributed by atoms with van der Waals surface area (Å²) in [6.07, 6.45) is 0. The number of amides is 2. The number of thiazole rings is 1. The fraction of sp³-hybridized carbons (Fsp3) is 0.562. The number of hydrogen-bond donors (Lipinski definition) is 2. The molecule has 37 heavy (non-hydrogen) atoms. The van der Waals surface area contributed by atoms with E-state index in [1.165, 1.54) is 13.8 Å². The van der Waals surface area contributed by atoms with Crippen LogP contribution in [-0.4, -0.2) is 82.5 Å². The van der Waals surface area contributed by atoms with Crippen molar-refractivity contribution in [3.05, 3.63) is 11.1 Å². The van der Waals surface area contributed by atoms with Crippen LogP contribution in [0.5, 0.6) is 0 Å². The van der Waals surface area contributed by atoms with Gasteiger partial charge in [0.15, 0.2) is 31.5 Å². The van der Waals surface area contributed by atoms with E-state index in [1.807, 2.05) is 0 Å². The molecule has 0 spiro atoms. The van der Waals surface area contributed by atoms with Crippen molar-refractivity contribution in [1.29, 1.82) is 0 Å². The van der Waals surface area contributed by atoms with Crippen molar-refractivity contribution < 1.29 is 109 Å². The predicted octanol–water partition coefficient (Wildman–Crippen LogP) is -7.35. The van der Waals surface area contributed by atoms with Crippen LogP contribution in [0.25, 0.3) is 0 Å². The van der Waals surface area contributed by atoms with Crippen molar-refractivity contribution in [2.75, 3.05) is 11.3 Å². The van der Waals surface area contributed by atoms with Gasteiger partial charge in [-0.15, -0.1) is 11.3 Å². The fourth-order valence-electron chi connectivity index (χ4n) is 2.27. The average molecular weight is 602 g/mol. The Morgan fingerprint density at radius 2 is 1.73 bits per heavy atom. The van der Waals surface area contributed by atoms with Crippen molar-refractivity contribution in [1.82, 2.24) is 14.6 Å². The number of ether oxygens (including phenoxy) is 1. The standard InChI is InChI=1S/C16H23N5O11S3.2Na/c1-15(2,3)31-13(24)16(4,5)32-19-10(9-7-33-14(18-9)20-34(25,26)27)11(22)17-8-6-21(12(8)23)35(28,29)30;;/h7-8H,6H2,1-5H3,(H,17,22)(H,18,20)(H,25,26,27)(H,28,29,30);;/q;2*+1/p-2/b19-10+;;. The Balaban J connectivity index is 0.00000648. The molecule has 1 aromatic heterocycles. The third-order valence-electron chi connectivity index (χ3n) is 3.90. The summed E-state index contributed by atoms with van der Waals surface area (Å²) >= 11 is 0.607. The first-order valence-corrected chi connectivity index (χ1v) is 13.1. The predicted molar refractivity (Wildman–Crippen MR) is 116 cm³/mol. The Morgan fingerprint density at radius 1 is 1.16 bits per heavy atom. The first-order valence-electron chi connectivity index (χ1n) is 9.47. The smallest absolute Gasteiger partial charge is 0.731 e. The van der Waals surface area contributed by atoms with Gasteiger partial charge in [0, 0.05) is 5.38 Å². The van der Waals surface area contributed by atoms with Gasteiger partial charge in [0.05, 0.1) is 6.54 Å². The topological polar surface area (TPSA) is 237 Å². The maximum atomic E-state index is 12.8. The Hall–Kier alpha value is -0.870. The molecule has 0 radical (unpaired) electrons. The summed E-state index contributed by atoms with van der Waals surface area (Å²) < 4.78 is 72.4. The number of nitrogens with zero attached hydrogens (tertiary/aromatic N) is 3. The number of nitrogens with one attached hydrogen (secondary N) is 2. The Morgan fingerprint density at radius 3 is 2.19 bits per heavy atom. The van der Waals surface area contributed by atoms with E-state index in [-0.39, 0.29) is 69.1 Å². The zero-order chi connectivity index (χ0) is 27.0. The van der Waals surface area contributed by atoms with Gasteiger partial charge in [-0.05, 0) is 34.6 Å². The molecule has 1 aliphatic heterocycles. The second-order valence-electron chi connectivity index (χ2n) is 8.49. The maximum absolute atomic E-state index is 12.8. The monoisotopic (exact) mass is 601 g/mol. The van der Waals surface area contributed by atoms with E-state index in [4.69, 9.17) is 9.57 Å². The van der Waals surface area contributed by atoms with E-state index < -0.39 is 73.0 Å². The average Bonchev–Trinajstić information content (AvgIpc) is 3.08. The number of carbonyl (C=O) groups is 3. The molecule has 0 aromatic carbocycles. The van der Waals surface area contributed by atoms with Crippen LogP contribution < -0.4 is 69.2 Å². The molecule has 1 aliphatic rings. The molecule has 2 heterocycles. The number of oxime groups is 1. The SMILES string of the molecule is CC(C)(C)OC(=O)C(C)(C)O/N=C(/C(=O)NC1CN(S(=O)(=O)[O-])C1=O)c1csc(NS(=O)(=O)[O-])n1.[Na+].[Na+]. The summed E-state index contributed by atoms with van der Waals surface area (Å²) in [5.74, 6) is -3.19. The molecule has 1 saturated heterocycles. The van der Waals surface area contributed by atoms with Gasteiger partial charge < -0.3 is 24.0 Å². The zero-order valence-electron chi connectivity index (χ0n) is 20.9. The summed E-state index contributed by atoms with van der Waals surface area (Å²) in [4.78, 5) is 46.0.